The molecule has 0 radical (unpaired) electrons. The predicted molar refractivity (Wildman–Crippen MR) is 102 cm³/mol. The highest BCUT2D eigenvalue weighted by Gasteiger charge is 2.29. The number of anilines is 2. The van der Waals surface area contributed by atoms with Crippen molar-refractivity contribution in [3.05, 3.63) is 35.3 Å². The van der Waals surface area contributed by atoms with Crippen LogP contribution in [-0.2, 0) is 4.79 Å². The summed E-state index contributed by atoms with van der Waals surface area (Å²) >= 11 is 1.40. The molecule has 7 nitrogen and oxygen atoms in total. The van der Waals surface area contributed by atoms with E-state index in [9.17, 15) is 9.59 Å². The minimum absolute atomic E-state index is 0.103. The van der Waals surface area contributed by atoms with E-state index >= 15 is 0 Å². The summed E-state index contributed by atoms with van der Waals surface area (Å²) in [5, 5.41) is 15.2. The van der Waals surface area contributed by atoms with Crippen molar-refractivity contribution in [1.82, 2.24) is 15.1 Å². The van der Waals surface area contributed by atoms with Gasteiger partial charge in [-0.3, -0.25) is 4.79 Å². The molecule has 138 valence electrons. The molecule has 1 aliphatic heterocycles. The summed E-state index contributed by atoms with van der Waals surface area (Å²) in [7, 11) is 0. The number of nitrogens with zero attached hydrogens (tertiary/aromatic N) is 3. The highest BCUT2D eigenvalue weighted by Crippen LogP contribution is 2.24. The summed E-state index contributed by atoms with van der Waals surface area (Å²) in [6.45, 7) is 5.13. The number of carbonyl (C=O) groups excluding carboxylic acids is 2. The quantitative estimate of drug-likeness (QED) is 0.858. The van der Waals surface area contributed by atoms with Gasteiger partial charge in [0, 0.05) is 24.7 Å². The van der Waals surface area contributed by atoms with Crippen LogP contribution in [0.2, 0.25) is 0 Å². The van der Waals surface area contributed by atoms with Crippen LogP contribution < -0.4 is 10.6 Å². The van der Waals surface area contributed by atoms with E-state index in [2.05, 4.69) is 20.8 Å². The number of benzene rings is 1. The Hall–Kier alpha value is -2.48. The second-order valence-electron chi connectivity index (χ2n) is 6.67. The number of para-hydroxylation sites is 1. The van der Waals surface area contributed by atoms with Gasteiger partial charge in [0.25, 0.3) is 0 Å². The first-order valence-electron chi connectivity index (χ1n) is 8.78. The zero-order valence-corrected chi connectivity index (χ0v) is 15.8. The van der Waals surface area contributed by atoms with Crippen molar-refractivity contribution in [2.24, 2.45) is 5.92 Å². The summed E-state index contributed by atoms with van der Waals surface area (Å²) in [5.41, 5.74) is 0.749. The number of hydrogen-bond acceptors (Lipinski definition) is 5. The molecule has 1 atom stereocenters. The maximum Gasteiger partial charge on any atom is 0.321 e. The second kappa shape index (κ2) is 8.27. The number of aromatic nitrogens is 2. The van der Waals surface area contributed by atoms with Gasteiger partial charge in [-0.05, 0) is 25.0 Å². The van der Waals surface area contributed by atoms with Crippen LogP contribution in [0.3, 0.4) is 0 Å². The summed E-state index contributed by atoms with van der Waals surface area (Å²) in [4.78, 5) is 26.7. The van der Waals surface area contributed by atoms with E-state index < -0.39 is 0 Å². The maximum absolute atomic E-state index is 12.5. The lowest BCUT2D eigenvalue weighted by molar-refractivity contribution is -0.121. The summed E-state index contributed by atoms with van der Waals surface area (Å²) in [6, 6.07) is 9.15. The first kappa shape index (κ1) is 18.3. The molecule has 1 aliphatic rings. The fourth-order valence-corrected chi connectivity index (χ4v) is 3.57. The Labute approximate surface area is 156 Å². The van der Waals surface area contributed by atoms with Crippen LogP contribution in [0, 0.1) is 5.92 Å². The molecule has 0 spiro atoms. The Kier molecular flexibility index (Phi) is 5.82. The van der Waals surface area contributed by atoms with Crippen LogP contribution in [0.25, 0.3) is 0 Å². The van der Waals surface area contributed by atoms with Crippen molar-refractivity contribution in [2.75, 3.05) is 23.7 Å². The second-order valence-corrected chi connectivity index (χ2v) is 7.68. The van der Waals surface area contributed by atoms with E-state index in [4.69, 9.17) is 0 Å². The standard InChI is InChI=1S/C18H23N5O2S/c1-12(2)16-21-22-17(26-16)20-15(24)13-7-6-10-23(11-13)18(25)19-14-8-4-3-5-9-14/h3-5,8-9,12-13H,6-7,10-11H2,1-2H3,(H,19,25)(H,20,22,24). The lowest BCUT2D eigenvalue weighted by Crippen LogP contribution is -2.45. The van der Waals surface area contributed by atoms with Gasteiger partial charge in [-0.1, -0.05) is 43.4 Å². The largest absolute Gasteiger partial charge is 0.324 e. The molecule has 2 heterocycles. The van der Waals surface area contributed by atoms with Gasteiger partial charge in [0.15, 0.2) is 0 Å². The third-order valence-electron chi connectivity index (χ3n) is 4.27. The molecule has 0 aliphatic carbocycles. The first-order valence-corrected chi connectivity index (χ1v) is 9.60. The number of piperidine rings is 1. The van der Waals surface area contributed by atoms with Gasteiger partial charge >= 0.3 is 6.03 Å². The summed E-state index contributed by atoms with van der Waals surface area (Å²) in [5.74, 6) is -0.0599. The van der Waals surface area contributed by atoms with Crippen molar-refractivity contribution >= 4 is 34.1 Å². The van der Waals surface area contributed by atoms with E-state index in [1.54, 1.807) is 4.90 Å². The van der Waals surface area contributed by atoms with Crippen molar-refractivity contribution < 1.29 is 9.59 Å². The third-order valence-corrected chi connectivity index (χ3v) is 5.41. The fraction of sp³-hybridized carbons (Fsp3) is 0.444. The Morgan fingerprint density at radius 2 is 1.96 bits per heavy atom. The summed E-state index contributed by atoms with van der Waals surface area (Å²) in [6.07, 6.45) is 1.56. The van der Waals surface area contributed by atoms with Crippen LogP contribution in [0.4, 0.5) is 15.6 Å². The minimum atomic E-state index is -0.239. The van der Waals surface area contributed by atoms with Crippen molar-refractivity contribution in [3.8, 4) is 0 Å². The predicted octanol–water partition coefficient (Wildman–Crippen LogP) is 3.54. The van der Waals surface area contributed by atoms with Crippen LogP contribution >= 0.6 is 11.3 Å². The van der Waals surface area contributed by atoms with Gasteiger partial charge in [-0.25, -0.2) is 4.79 Å². The molecule has 1 saturated heterocycles. The zero-order valence-electron chi connectivity index (χ0n) is 14.9. The SMILES string of the molecule is CC(C)c1nnc(NC(=O)C2CCCN(C(=O)Nc3ccccc3)C2)s1. The van der Waals surface area contributed by atoms with Gasteiger partial charge in [0.1, 0.15) is 5.01 Å². The average molecular weight is 373 g/mol. The molecule has 2 N–H and O–H groups in total. The number of urea groups is 1. The van der Waals surface area contributed by atoms with Gasteiger partial charge < -0.3 is 15.5 Å². The molecule has 0 bridgehead atoms. The monoisotopic (exact) mass is 373 g/mol. The molecule has 3 amide bonds. The van der Waals surface area contributed by atoms with Crippen LogP contribution in [-0.4, -0.2) is 40.1 Å². The van der Waals surface area contributed by atoms with E-state index in [0.717, 1.165) is 23.5 Å². The number of rotatable bonds is 4. The molecule has 26 heavy (non-hydrogen) atoms. The van der Waals surface area contributed by atoms with Crippen molar-refractivity contribution in [2.45, 2.75) is 32.6 Å². The van der Waals surface area contributed by atoms with Gasteiger partial charge in [0.2, 0.25) is 11.0 Å². The average Bonchev–Trinajstić information content (AvgIpc) is 3.11. The van der Waals surface area contributed by atoms with E-state index in [0.29, 0.717) is 18.2 Å². The number of nitrogens with one attached hydrogen (secondary N) is 2. The highest BCUT2D eigenvalue weighted by atomic mass is 32.1. The minimum Gasteiger partial charge on any atom is -0.324 e. The van der Waals surface area contributed by atoms with E-state index in [-0.39, 0.29) is 23.8 Å². The lowest BCUT2D eigenvalue weighted by Gasteiger charge is -2.31. The van der Waals surface area contributed by atoms with E-state index in [1.807, 2.05) is 44.2 Å². The molecule has 8 heteroatoms. The normalized spacial score (nSPS) is 17.2. The van der Waals surface area contributed by atoms with Crippen LogP contribution in [0.1, 0.15) is 37.6 Å². The number of amides is 3. The maximum atomic E-state index is 12.5. The Bertz CT molecular complexity index is 762. The molecule has 1 aromatic heterocycles. The van der Waals surface area contributed by atoms with Gasteiger partial charge in [-0.15, -0.1) is 10.2 Å². The molecule has 2 aromatic rings. The third kappa shape index (κ3) is 4.57. The molecular formula is C18H23N5O2S. The van der Waals surface area contributed by atoms with Crippen LogP contribution in [0.5, 0.6) is 0 Å². The molecule has 1 aromatic carbocycles. The lowest BCUT2D eigenvalue weighted by atomic mass is 9.97. The summed E-state index contributed by atoms with van der Waals surface area (Å²) < 4.78 is 0. The molecule has 0 saturated carbocycles. The Balaban J connectivity index is 1.56. The van der Waals surface area contributed by atoms with Crippen LogP contribution in [0.15, 0.2) is 30.3 Å². The molecule has 1 fully saturated rings. The molecule has 3 rings (SSSR count). The number of likely N-dealkylation sites (tertiary alicyclic amines) is 1. The first-order chi connectivity index (χ1) is 12.5. The van der Waals surface area contributed by atoms with Gasteiger partial charge in [-0.2, -0.15) is 0 Å². The van der Waals surface area contributed by atoms with Crippen molar-refractivity contribution in [1.29, 1.82) is 0 Å². The Morgan fingerprint density at radius 3 is 2.65 bits per heavy atom. The topological polar surface area (TPSA) is 87.2 Å². The number of carbonyl (C=O) groups is 2. The molecule has 1 unspecified atom stereocenters. The smallest absolute Gasteiger partial charge is 0.321 e. The van der Waals surface area contributed by atoms with Gasteiger partial charge in [0.05, 0.1) is 5.92 Å². The fourth-order valence-electron chi connectivity index (χ4n) is 2.83. The zero-order chi connectivity index (χ0) is 18.5. The van der Waals surface area contributed by atoms with E-state index in [1.165, 1.54) is 11.3 Å². The molecular weight excluding hydrogens is 350 g/mol. The number of hydrogen-bond donors (Lipinski definition) is 2. The Morgan fingerprint density at radius 1 is 1.19 bits per heavy atom. The van der Waals surface area contributed by atoms with Crippen molar-refractivity contribution in [3.63, 3.8) is 0 Å². The highest BCUT2D eigenvalue weighted by molar-refractivity contribution is 7.15.